The molecule has 3 aromatic rings. The van der Waals surface area contributed by atoms with Gasteiger partial charge in [-0.1, -0.05) is 41.9 Å². The Morgan fingerprint density at radius 2 is 1.81 bits per heavy atom. The number of aryl methyl sites for hydroxylation is 1. The van der Waals surface area contributed by atoms with Crippen molar-refractivity contribution >= 4 is 22.5 Å². The van der Waals surface area contributed by atoms with Crippen LogP contribution in [0, 0.1) is 0 Å². The smallest absolute Gasteiger partial charge is 0.0481 e. The molecule has 0 unspecified atom stereocenters. The average Bonchev–Trinajstić information content (AvgIpc) is 2.83. The summed E-state index contributed by atoms with van der Waals surface area (Å²) in [6, 6.07) is 16.6. The molecule has 0 aliphatic heterocycles. The van der Waals surface area contributed by atoms with Crippen LogP contribution in [0.3, 0.4) is 0 Å². The molecule has 2 nitrogen and oxygen atoms in total. The fourth-order valence-electron chi connectivity index (χ4n) is 2.67. The minimum atomic E-state index is 0.794. The Morgan fingerprint density at radius 3 is 2.62 bits per heavy atom. The number of hydrogen-bond acceptors (Lipinski definition) is 1. The van der Waals surface area contributed by atoms with E-state index in [1.54, 1.807) is 0 Å². The third kappa shape index (κ3) is 3.29. The number of aromatic nitrogens is 1. The number of nitrogens with one attached hydrogen (secondary N) is 1. The van der Waals surface area contributed by atoms with Crippen LogP contribution < -0.4 is 5.32 Å². The second-order valence-electron chi connectivity index (χ2n) is 5.34. The van der Waals surface area contributed by atoms with Crippen LogP contribution in [0.2, 0.25) is 5.02 Å². The molecule has 0 aliphatic carbocycles. The van der Waals surface area contributed by atoms with Crippen molar-refractivity contribution < 1.29 is 0 Å². The van der Waals surface area contributed by atoms with E-state index in [-0.39, 0.29) is 0 Å². The van der Waals surface area contributed by atoms with Crippen LogP contribution >= 0.6 is 11.6 Å². The standard InChI is InChI=1S/C18H19ClN2/c1-21-13-15(17-4-2-3-5-18(17)21)12-20-11-10-14-6-8-16(19)9-7-14/h2-9,13,20H,10-12H2,1H3. The molecule has 1 aromatic heterocycles. The highest BCUT2D eigenvalue weighted by Gasteiger charge is 2.04. The van der Waals surface area contributed by atoms with Gasteiger partial charge in [0.1, 0.15) is 0 Å². The first-order chi connectivity index (χ1) is 10.2. The van der Waals surface area contributed by atoms with Crippen molar-refractivity contribution in [1.82, 2.24) is 9.88 Å². The molecule has 0 saturated heterocycles. The van der Waals surface area contributed by atoms with Crippen molar-refractivity contribution in [1.29, 1.82) is 0 Å². The predicted molar refractivity (Wildman–Crippen MR) is 89.8 cm³/mol. The number of fused-ring (bicyclic) bond motifs is 1. The molecule has 3 heteroatoms. The SMILES string of the molecule is Cn1cc(CNCCc2ccc(Cl)cc2)c2ccccc21. The molecule has 3 rings (SSSR count). The van der Waals surface area contributed by atoms with Gasteiger partial charge in [-0.2, -0.15) is 0 Å². The van der Waals surface area contributed by atoms with E-state index in [0.29, 0.717) is 0 Å². The number of rotatable bonds is 5. The maximum absolute atomic E-state index is 5.89. The van der Waals surface area contributed by atoms with Gasteiger partial charge >= 0.3 is 0 Å². The fraction of sp³-hybridized carbons (Fsp3) is 0.222. The van der Waals surface area contributed by atoms with E-state index in [2.05, 4.69) is 59.5 Å². The van der Waals surface area contributed by atoms with E-state index >= 15 is 0 Å². The van der Waals surface area contributed by atoms with Gasteiger partial charge in [0.05, 0.1) is 0 Å². The third-order valence-electron chi connectivity index (χ3n) is 3.80. The van der Waals surface area contributed by atoms with Gasteiger partial charge < -0.3 is 9.88 Å². The number of benzene rings is 2. The second-order valence-corrected chi connectivity index (χ2v) is 5.77. The van der Waals surface area contributed by atoms with E-state index in [1.165, 1.54) is 22.0 Å². The lowest BCUT2D eigenvalue weighted by Crippen LogP contribution is -2.16. The van der Waals surface area contributed by atoms with Gasteiger partial charge in [-0.3, -0.25) is 0 Å². The molecule has 21 heavy (non-hydrogen) atoms. The van der Waals surface area contributed by atoms with Crippen LogP contribution in [0.5, 0.6) is 0 Å². The molecule has 0 fully saturated rings. The zero-order valence-corrected chi connectivity index (χ0v) is 12.9. The van der Waals surface area contributed by atoms with E-state index in [0.717, 1.165) is 24.5 Å². The van der Waals surface area contributed by atoms with Gasteiger partial charge in [-0.25, -0.2) is 0 Å². The summed E-state index contributed by atoms with van der Waals surface area (Å²) in [7, 11) is 2.10. The number of nitrogens with zero attached hydrogens (tertiary/aromatic N) is 1. The van der Waals surface area contributed by atoms with Gasteiger partial charge in [0.15, 0.2) is 0 Å². The minimum absolute atomic E-state index is 0.794. The molecule has 0 aliphatic rings. The fourth-order valence-corrected chi connectivity index (χ4v) is 2.80. The van der Waals surface area contributed by atoms with E-state index in [9.17, 15) is 0 Å². The van der Waals surface area contributed by atoms with Crippen molar-refractivity contribution in [3.63, 3.8) is 0 Å². The summed E-state index contributed by atoms with van der Waals surface area (Å²) >= 11 is 5.89. The molecular weight excluding hydrogens is 280 g/mol. The minimum Gasteiger partial charge on any atom is -0.350 e. The summed E-state index contributed by atoms with van der Waals surface area (Å²) in [6.07, 6.45) is 3.22. The quantitative estimate of drug-likeness (QED) is 0.700. The molecule has 2 aromatic carbocycles. The van der Waals surface area contributed by atoms with E-state index in [1.807, 2.05) is 12.1 Å². The number of hydrogen-bond donors (Lipinski definition) is 1. The van der Waals surface area contributed by atoms with Crippen molar-refractivity contribution in [2.75, 3.05) is 6.54 Å². The summed E-state index contributed by atoms with van der Waals surface area (Å²) in [4.78, 5) is 0. The average molecular weight is 299 g/mol. The molecule has 0 bridgehead atoms. The Bertz CT molecular complexity index is 729. The van der Waals surface area contributed by atoms with Crippen molar-refractivity contribution in [3.8, 4) is 0 Å². The normalized spacial score (nSPS) is 11.1. The Kier molecular flexibility index (Phi) is 4.28. The highest BCUT2D eigenvalue weighted by Crippen LogP contribution is 2.19. The molecule has 1 heterocycles. The van der Waals surface area contributed by atoms with Gasteiger partial charge in [0, 0.05) is 35.7 Å². The van der Waals surface area contributed by atoms with Crippen LogP contribution in [0.1, 0.15) is 11.1 Å². The molecule has 1 N–H and O–H groups in total. The third-order valence-corrected chi connectivity index (χ3v) is 4.05. The number of halogens is 1. The zero-order chi connectivity index (χ0) is 14.7. The first-order valence-electron chi connectivity index (χ1n) is 7.22. The summed E-state index contributed by atoms with van der Waals surface area (Å²) in [5.41, 5.74) is 3.95. The molecule has 0 radical (unpaired) electrons. The van der Waals surface area contributed by atoms with Crippen LogP contribution in [0.4, 0.5) is 0 Å². The Balaban J connectivity index is 1.58. The molecule has 0 amide bonds. The lowest BCUT2D eigenvalue weighted by atomic mass is 10.1. The lowest BCUT2D eigenvalue weighted by molar-refractivity contribution is 0.688. The molecule has 0 spiro atoms. The van der Waals surface area contributed by atoms with Crippen LogP contribution in [-0.2, 0) is 20.0 Å². The highest BCUT2D eigenvalue weighted by atomic mass is 35.5. The largest absolute Gasteiger partial charge is 0.350 e. The maximum atomic E-state index is 5.89. The molecule has 0 saturated carbocycles. The second kappa shape index (κ2) is 6.33. The van der Waals surface area contributed by atoms with Crippen molar-refractivity contribution in [2.45, 2.75) is 13.0 Å². The highest BCUT2D eigenvalue weighted by molar-refractivity contribution is 6.30. The van der Waals surface area contributed by atoms with Gasteiger partial charge in [-0.15, -0.1) is 0 Å². The summed E-state index contributed by atoms with van der Waals surface area (Å²) < 4.78 is 2.19. The van der Waals surface area contributed by atoms with E-state index < -0.39 is 0 Å². The van der Waals surface area contributed by atoms with Gasteiger partial charge in [-0.05, 0) is 42.3 Å². The first kappa shape index (κ1) is 14.2. The van der Waals surface area contributed by atoms with Gasteiger partial charge in [0.2, 0.25) is 0 Å². The topological polar surface area (TPSA) is 17.0 Å². The van der Waals surface area contributed by atoms with E-state index in [4.69, 9.17) is 11.6 Å². The zero-order valence-electron chi connectivity index (χ0n) is 12.1. The summed E-state index contributed by atoms with van der Waals surface area (Å²) in [6.45, 7) is 1.86. The first-order valence-corrected chi connectivity index (χ1v) is 7.60. The summed E-state index contributed by atoms with van der Waals surface area (Å²) in [5.74, 6) is 0. The summed E-state index contributed by atoms with van der Waals surface area (Å²) in [5, 5.41) is 5.65. The molecule has 108 valence electrons. The lowest BCUT2D eigenvalue weighted by Gasteiger charge is -2.04. The molecule has 0 atom stereocenters. The maximum Gasteiger partial charge on any atom is 0.0481 e. The van der Waals surface area contributed by atoms with Crippen LogP contribution in [0.15, 0.2) is 54.7 Å². The van der Waals surface area contributed by atoms with Crippen LogP contribution in [-0.4, -0.2) is 11.1 Å². The Hall–Kier alpha value is -1.77. The Morgan fingerprint density at radius 1 is 1.05 bits per heavy atom. The number of para-hydroxylation sites is 1. The van der Waals surface area contributed by atoms with Gasteiger partial charge in [0.25, 0.3) is 0 Å². The Labute approximate surface area is 130 Å². The van der Waals surface area contributed by atoms with Crippen molar-refractivity contribution in [2.24, 2.45) is 7.05 Å². The monoisotopic (exact) mass is 298 g/mol. The predicted octanol–water partition coefficient (Wildman–Crippen LogP) is 4.16. The van der Waals surface area contributed by atoms with Crippen molar-refractivity contribution in [3.05, 3.63) is 70.9 Å². The van der Waals surface area contributed by atoms with Crippen LogP contribution in [0.25, 0.3) is 10.9 Å². The molecular formula is C18H19ClN2.